The number of nitrogens with one attached hydrogen (secondary N) is 3. The van der Waals surface area contributed by atoms with Crippen molar-refractivity contribution in [1.82, 2.24) is 15.3 Å². The van der Waals surface area contributed by atoms with Crippen molar-refractivity contribution in [2.24, 2.45) is 0 Å². The van der Waals surface area contributed by atoms with Crippen LogP contribution in [0, 0.1) is 0 Å². The maximum Gasteiger partial charge on any atom is 0.256 e. The molecule has 0 spiro atoms. The highest BCUT2D eigenvalue weighted by atomic mass is 32.1. The number of carbonyl (C=O) groups is 2. The highest BCUT2D eigenvalue weighted by molar-refractivity contribution is 7.08. The molecule has 7 heteroatoms. The fourth-order valence-corrected chi connectivity index (χ4v) is 3.36. The normalized spacial score (nSPS) is 10.7. The Balaban J connectivity index is 1.47. The number of fused-ring (bicyclic) bond motifs is 1. The second-order valence-electron chi connectivity index (χ2n) is 5.90. The van der Waals surface area contributed by atoms with E-state index in [0.717, 1.165) is 11.0 Å². The summed E-state index contributed by atoms with van der Waals surface area (Å²) >= 11 is 1.45. The Morgan fingerprint density at radius 1 is 1.00 bits per heavy atom. The first-order chi connectivity index (χ1) is 13.2. The zero-order valence-corrected chi connectivity index (χ0v) is 15.0. The van der Waals surface area contributed by atoms with E-state index in [9.17, 15) is 9.59 Å². The summed E-state index contributed by atoms with van der Waals surface area (Å²) in [6, 6.07) is 16.3. The Hall–Kier alpha value is -3.45. The zero-order valence-electron chi connectivity index (χ0n) is 14.2. The lowest BCUT2D eigenvalue weighted by Crippen LogP contribution is -2.25. The third kappa shape index (κ3) is 3.73. The van der Waals surface area contributed by atoms with Crippen molar-refractivity contribution in [2.45, 2.75) is 6.54 Å². The van der Waals surface area contributed by atoms with Crippen LogP contribution < -0.4 is 10.6 Å². The van der Waals surface area contributed by atoms with Crippen molar-refractivity contribution in [3.8, 4) is 0 Å². The Kier molecular flexibility index (Phi) is 4.67. The van der Waals surface area contributed by atoms with Gasteiger partial charge in [-0.05, 0) is 35.7 Å². The number of rotatable bonds is 5. The van der Waals surface area contributed by atoms with Crippen LogP contribution in [0.25, 0.3) is 11.0 Å². The van der Waals surface area contributed by atoms with E-state index in [1.165, 1.54) is 11.3 Å². The minimum atomic E-state index is -0.281. The predicted octanol–water partition coefficient (Wildman–Crippen LogP) is 3.81. The Morgan fingerprint density at radius 3 is 2.63 bits per heavy atom. The van der Waals surface area contributed by atoms with Gasteiger partial charge in [-0.25, -0.2) is 4.98 Å². The summed E-state index contributed by atoms with van der Waals surface area (Å²) in [6.07, 6.45) is 0. The number of anilines is 1. The lowest BCUT2D eigenvalue weighted by atomic mass is 10.1. The molecule has 4 rings (SSSR count). The molecule has 134 valence electrons. The average Bonchev–Trinajstić information content (AvgIpc) is 3.36. The van der Waals surface area contributed by atoms with Gasteiger partial charge in [-0.1, -0.05) is 24.3 Å². The third-order valence-electron chi connectivity index (χ3n) is 4.06. The molecule has 3 N–H and O–H groups in total. The molecule has 0 saturated heterocycles. The molecular weight excluding hydrogens is 360 g/mol. The molecule has 2 amide bonds. The van der Waals surface area contributed by atoms with Gasteiger partial charge in [-0.2, -0.15) is 11.3 Å². The van der Waals surface area contributed by atoms with Crippen molar-refractivity contribution >= 4 is 39.9 Å². The fraction of sp³-hybridized carbons (Fsp3) is 0.0500. The number of imidazole rings is 1. The van der Waals surface area contributed by atoms with Gasteiger partial charge in [0.1, 0.15) is 5.82 Å². The van der Waals surface area contributed by atoms with Crippen LogP contribution in [0.15, 0.2) is 65.4 Å². The summed E-state index contributed by atoms with van der Waals surface area (Å²) in [7, 11) is 0. The molecule has 0 aliphatic rings. The van der Waals surface area contributed by atoms with Gasteiger partial charge in [0.05, 0.1) is 34.4 Å². The van der Waals surface area contributed by atoms with Gasteiger partial charge in [-0.3, -0.25) is 9.59 Å². The van der Waals surface area contributed by atoms with Crippen LogP contribution in [0.3, 0.4) is 0 Å². The van der Waals surface area contributed by atoms with E-state index in [0.29, 0.717) is 22.6 Å². The van der Waals surface area contributed by atoms with Crippen molar-refractivity contribution in [3.05, 3.63) is 82.3 Å². The van der Waals surface area contributed by atoms with Gasteiger partial charge < -0.3 is 15.6 Å². The molecule has 27 heavy (non-hydrogen) atoms. The summed E-state index contributed by atoms with van der Waals surface area (Å²) in [5.41, 5.74) is 3.21. The highest BCUT2D eigenvalue weighted by Crippen LogP contribution is 2.17. The first-order valence-corrected chi connectivity index (χ1v) is 9.29. The Labute approximate surface area is 159 Å². The number of amides is 2. The monoisotopic (exact) mass is 376 g/mol. The van der Waals surface area contributed by atoms with Crippen LogP contribution in [0.1, 0.15) is 26.5 Å². The lowest BCUT2D eigenvalue weighted by molar-refractivity contribution is 0.0951. The molecule has 0 aliphatic carbocycles. The SMILES string of the molecule is O=C(Nc1ccccc1C(=O)NCc1nc2ccccc2[nH]1)c1ccsc1. The molecule has 0 aliphatic heterocycles. The molecular formula is C20H16N4O2S. The minimum absolute atomic E-state index is 0.242. The number of benzene rings is 2. The molecule has 0 fully saturated rings. The van der Waals surface area contributed by atoms with Crippen LogP contribution in [0.5, 0.6) is 0 Å². The molecule has 2 aromatic heterocycles. The minimum Gasteiger partial charge on any atom is -0.345 e. The fourth-order valence-electron chi connectivity index (χ4n) is 2.73. The molecule has 2 heterocycles. The standard InChI is InChI=1S/C20H16N4O2S/c25-19(13-9-10-27-12-13)24-15-6-2-1-5-14(15)20(26)21-11-18-22-16-7-3-4-8-17(16)23-18/h1-10,12H,11H2,(H,21,26)(H,22,23)(H,24,25). The van der Waals surface area contributed by atoms with E-state index >= 15 is 0 Å². The van der Waals surface area contributed by atoms with E-state index in [-0.39, 0.29) is 18.4 Å². The first-order valence-electron chi connectivity index (χ1n) is 8.35. The van der Waals surface area contributed by atoms with Crippen LogP contribution in [-0.2, 0) is 6.54 Å². The van der Waals surface area contributed by atoms with Crippen molar-refractivity contribution in [2.75, 3.05) is 5.32 Å². The van der Waals surface area contributed by atoms with Crippen molar-refractivity contribution < 1.29 is 9.59 Å². The number of para-hydroxylation sites is 3. The number of hydrogen-bond donors (Lipinski definition) is 3. The molecule has 0 radical (unpaired) electrons. The maximum atomic E-state index is 12.6. The topological polar surface area (TPSA) is 86.9 Å². The van der Waals surface area contributed by atoms with E-state index in [2.05, 4.69) is 20.6 Å². The second-order valence-corrected chi connectivity index (χ2v) is 6.68. The smallest absolute Gasteiger partial charge is 0.256 e. The number of hydrogen-bond acceptors (Lipinski definition) is 4. The summed E-state index contributed by atoms with van der Waals surface area (Å²) < 4.78 is 0. The number of carbonyl (C=O) groups excluding carboxylic acids is 2. The average molecular weight is 376 g/mol. The van der Waals surface area contributed by atoms with Crippen LogP contribution in [-0.4, -0.2) is 21.8 Å². The summed E-state index contributed by atoms with van der Waals surface area (Å²) in [5.74, 6) is 0.148. The van der Waals surface area contributed by atoms with Crippen molar-refractivity contribution in [3.63, 3.8) is 0 Å². The molecule has 2 aromatic carbocycles. The maximum absolute atomic E-state index is 12.6. The quantitative estimate of drug-likeness (QED) is 0.495. The number of aromatic nitrogens is 2. The van der Waals surface area contributed by atoms with Gasteiger partial charge in [0, 0.05) is 5.38 Å². The number of nitrogens with zero attached hydrogens (tertiary/aromatic N) is 1. The molecule has 0 bridgehead atoms. The van der Waals surface area contributed by atoms with E-state index in [1.54, 1.807) is 35.7 Å². The van der Waals surface area contributed by atoms with Gasteiger partial charge in [0.25, 0.3) is 11.8 Å². The summed E-state index contributed by atoms with van der Waals surface area (Å²) in [6.45, 7) is 0.264. The van der Waals surface area contributed by atoms with E-state index in [4.69, 9.17) is 0 Å². The lowest BCUT2D eigenvalue weighted by Gasteiger charge is -2.10. The largest absolute Gasteiger partial charge is 0.345 e. The Morgan fingerprint density at radius 2 is 1.81 bits per heavy atom. The highest BCUT2D eigenvalue weighted by Gasteiger charge is 2.14. The van der Waals surface area contributed by atoms with Gasteiger partial charge in [0.15, 0.2) is 0 Å². The van der Waals surface area contributed by atoms with Gasteiger partial charge in [0.2, 0.25) is 0 Å². The molecule has 4 aromatic rings. The second kappa shape index (κ2) is 7.43. The van der Waals surface area contributed by atoms with Crippen molar-refractivity contribution in [1.29, 1.82) is 0 Å². The summed E-state index contributed by atoms with van der Waals surface area (Å²) in [5, 5.41) is 9.24. The number of thiophene rings is 1. The van der Waals surface area contributed by atoms with E-state index in [1.807, 2.05) is 29.6 Å². The third-order valence-corrected chi connectivity index (χ3v) is 4.74. The first kappa shape index (κ1) is 17.0. The number of H-pyrrole nitrogens is 1. The summed E-state index contributed by atoms with van der Waals surface area (Å²) in [4.78, 5) is 32.5. The van der Waals surface area contributed by atoms with E-state index < -0.39 is 0 Å². The van der Waals surface area contributed by atoms with Crippen LogP contribution >= 0.6 is 11.3 Å². The molecule has 6 nitrogen and oxygen atoms in total. The van der Waals surface area contributed by atoms with Crippen LogP contribution in [0.4, 0.5) is 5.69 Å². The predicted molar refractivity (Wildman–Crippen MR) is 106 cm³/mol. The van der Waals surface area contributed by atoms with Gasteiger partial charge >= 0.3 is 0 Å². The molecule has 0 saturated carbocycles. The zero-order chi connectivity index (χ0) is 18.6. The molecule has 0 unspecified atom stereocenters. The van der Waals surface area contributed by atoms with Gasteiger partial charge in [-0.15, -0.1) is 0 Å². The van der Waals surface area contributed by atoms with Crippen LogP contribution in [0.2, 0.25) is 0 Å². The number of aromatic amines is 1. The molecule has 0 atom stereocenters. The Bertz CT molecular complexity index is 1070.